The maximum atomic E-state index is 12.9. The van der Waals surface area contributed by atoms with Crippen molar-refractivity contribution in [3.63, 3.8) is 0 Å². The molecule has 1 heterocycles. The number of fused-ring (bicyclic) bond motifs is 1. The molecule has 25 heavy (non-hydrogen) atoms. The molecule has 1 saturated carbocycles. The van der Waals surface area contributed by atoms with Crippen molar-refractivity contribution in [2.75, 3.05) is 32.8 Å². The van der Waals surface area contributed by atoms with E-state index in [1.165, 1.54) is 43.2 Å². The molecule has 1 aromatic rings. The summed E-state index contributed by atoms with van der Waals surface area (Å²) >= 11 is 0. The summed E-state index contributed by atoms with van der Waals surface area (Å²) in [7, 11) is 0. The Morgan fingerprint density at radius 2 is 1.92 bits per heavy atom. The maximum Gasteiger partial charge on any atom is 0.227 e. The van der Waals surface area contributed by atoms with E-state index >= 15 is 0 Å². The number of amides is 1. The van der Waals surface area contributed by atoms with Crippen LogP contribution in [-0.2, 0) is 16.0 Å². The van der Waals surface area contributed by atoms with Crippen LogP contribution in [0.3, 0.4) is 0 Å². The summed E-state index contributed by atoms with van der Waals surface area (Å²) < 4.78 is 5.55. The van der Waals surface area contributed by atoms with E-state index < -0.39 is 0 Å². The molecule has 0 spiro atoms. The predicted molar refractivity (Wildman–Crippen MR) is 98.7 cm³/mol. The lowest BCUT2D eigenvalue weighted by atomic mass is 9.79. The third-order valence-electron chi connectivity index (χ3n) is 6.51. The Kier molecular flexibility index (Phi) is 5.09. The number of nitrogens with zero attached hydrogens (tertiary/aromatic N) is 1. The Labute approximate surface area is 150 Å². The first-order chi connectivity index (χ1) is 12.3. The highest BCUT2D eigenvalue weighted by Crippen LogP contribution is 2.35. The van der Waals surface area contributed by atoms with E-state index in [0.717, 1.165) is 45.7 Å². The monoisotopic (exact) mass is 342 g/mol. The molecule has 4 heteroatoms. The largest absolute Gasteiger partial charge is 0.379 e. The number of aryl methyl sites for hydroxylation is 1. The average molecular weight is 342 g/mol. The van der Waals surface area contributed by atoms with Crippen molar-refractivity contribution < 1.29 is 9.53 Å². The lowest BCUT2D eigenvalue weighted by molar-refractivity contribution is -0.123. The van der Waals surface area contributed by atoms with E-state index in [1.807, 2.05) is 0 Å². The van der Waals surface area contributed by atoms with Crippen molar-refractivity contribution in [2.45, 2.75) is 56.4 Å². The number of hydrogen-bond donors (Lipinski definition) is 1. The summed E-state index contributed by atoms with van der Waals surface area (Å²) in [6.07, 6.45) is 8.27. The normalized spacial score (nSPS) is 26.2. The maximum absolute atomic E-state index is 12.9. The van der Waals surface area contributed by atoms with Crippen molar-refractivity contribution in [1.29, 1.82) is 0 Å². The lowest BCUT2D eigenvalue weighted by Crippen LogP contribution is -2.59. The van der Waals surface area contributed by atoms with Crippen LogP contribution in [0.4, 0.5) is 0 Å². The van der Waals surface area contributed by atoms with E-state index in [0.29, 0.717) is 0 Å². The number of morpholine rings is 1. The van der Waals surface area contributed by atoms with Gasteiger partial charge < -0.3 is 10.1 Å². The van der Waals surface area contributed by atoms with Crippen molar-refractivity contribution in [3.8, 4) is 0 Å². The molecular formula is C21H30N2O2. The molecule has 0 unspecified atom stereocenters. The molecule has 1 N–H and O–H groups in total. The van der Waals surface area contributed by atoms with Crippen LogP contribution in [0.5, 0.6) is 0 Å². The van der Waals surface area contributed by atoms with Gasteiger partial charge in [0.15, 0.2) is 0 Å². The van der Waals surface area contributed by atoms with E-state index in [-0.39, 0.29) is 17.4 Å². The van der Waals surface area contributed by atoms with Crippen LogP contribution in [0.15, 0.2) is 24.3 Å². The molecule has 0 bridgehead atoms. The van der Waals surface area contributed by atoms with Crippen LogP contribution in [0, 0.1) is 0 Å². The van der Waals surface area contributed by atoms with Crippen LogP contribution >= 0.6 is 0 Å². The van der Waals surface area contributed by atoms with E-state index in [1.54, 1.807) is 0 Å². The van der Waals surface area contributed by atoms with Crippen LogP contribution in [0.25, 0.3) is 0 Å². The van der Waals surface area contributed by atoms with Gasteiger partial charge in [0.05, 0.1) is 19.1 Å². The van der Waals surface area contributed by atoms with Crippen molar-refractivity contribution in [3.05, 3.63) is 35.4 Å². The predicted octanol–water partition coefficient (Wildman–Crippen LogP) is 2.87. The molecule has 1 aliphatic heterocycles. The SMILES string of the molecule is O=C(NCC1(N2CCOCC2)CCCCC1)[C@@H]1CCc2ccccc21. The van der Waals surface area contributed by atoms with Gasteiger partial charge in [-0.1, -0.05) is 43.5 Å². The Balaban J connectivity index is 1.43. The smallest absolute Gasteiger partial charge is 0.227 e. The van der Waals surface area contributed by atoms with Gasteiger partial charge in [-0.25, -0.2) is 0 Å². The van der Waals surface area contributed by atoms with Crippen molar-refractivity contribution in [2.24, 2.45) is 0 Å². The fourth-order valence-corrected chi connectivity index (χ4v) is 5.06. The molecule has 0 aromatic heterocycles. The Morgan fingerprint density at radius 1 is 1.16 bits per heavy atom. The highest BCUT2D eigenvalue weighted by molar-refractivity contribution is 5.85. The van der Waals surface area contributed by atoms with E-state index in [4.69, 9.17) is 4.74 Å². The summed E-state index contributed by atoms with van der Waals surface area (Å²) in [5.74, 6) is 0.268. The second-order valence-electron chi connectivity index (χ2n) is 7.89. The summed E-state index contributed by atoms with van der Waals surface area (Å²) in [5, 5.41) is 3.35. The molecule has 2 aliphatic carbocycles. The minimum absolute atomic E-state index is 0.0431. The van der Waals surface area contributed by atoms with Gasteiger partial charge in [-0.2, -0.15) is 0 Å². The Hall–Kier alpha value is -1.39. The Bertz CT molecular complexity index is 604. The summed E-state index contributed by atoms with van der Waals surface area (Å²) in [4.78, 5) is 15.5. The molecule has 3 aliphatic rings. The first kappa shape index (κ1) is 17.0. The fourth-order valence-electron chi connectivity index (χ4n) is 5.06. The average Bonchev–Trinajstić information content (AvgIpc) is 3.12. The summed E-state index contributed by atoms with van der Waals surface area (Å²) in [6.45, 7) is 4.45. The zero-order chi connectivity index (χ0) is 17.1. The van der Waals surface area contributed by atoms with Gasteiger partial charge in [0, 0.05) is 25.2 Å². The van der Waals surface area contributed by atoms with Gasteiger partial charge >= 0.3 is 0 Å². The molecule has 0 radical (unpaired) electrons. The van der Waals surface area contributed by atoms with E-state index in [9.17, 15) is 4.79 Å². The van der Waals surface area contributed by atoms with Gasteiger partial charge in [0.1, 0.15) is 0 Å². The first-order valence-corrected chi connectivity index (χ1v) is 9.97. The number of benzene rings is 1. The van der Waals surface area contributed by atoms with Crippen LogP contribution in [0.2, 0.25) is 0 Å². The molecule has 4 nitrogen and oxygen atoms in total. The summed E-state index contributed by atoms with van der Waals surface area (Å²) in [5.41, 5.74) is 2.74. The summed E-state index contributed by atoms with van der Waals surface area (Å²) in [6, 6.07) is 8.43. The minimum Gasteiger partial charge on any atom is -0.379 e. The zero-order valence-electron chi connectivity index (χ0n) is 15.1. The van der Waals surface area contributed by atoms with Gasteiger partial charge in [0.2, 0.25) is 5.91 Å². The molecule has 1 atom stereocenters. The molecule has 1 amide bonds. The van der Waals surface area contributed by atoms with Gasteiger partial charge in [0.25, 0.3) is 0 Å². The minimum atomic E-state index is 0.0431. The zero-order valence-corrected chi connectivity index (χ0v) is 15.1. The van der Waals surface area contributed by atoms with E-state index in [2.05, 4.69) is 34.5 Å². The highest BCUT2D eigenvalue weighted by atomic mass is 16.5. The second kappa shape index (κ2) is 7.46. The number of ether oxygens (including phenoxy) is 1. The molecule has 1 aromatic carbocycles. The third-order valence-corrected chi connectivity index (χ3v) is 6.51. The van der Waals surface area contributed by atoms with Crippen molar-refractivity contribution >= 4 is 5.91 Å². The standard InChI is InChI=1S/C21H30N2O2/c24-20(19-9-8-17-6-2-3-7-18(17)19)22-16-21(10-4-1-5-11-21)23-12-14-25-15-13-23/h2-3,6-7,19H,1,4-5,8-16H2,(H,22,24)/t19-/m1/s1. The van der Waals surface area contributed by atoms with Gasteiger partial charge in [-0.15, -0.1) is 0 Å². The fraction of sp³-hybridized carbons (Fsp3) is 0.667. The highest BCUT2D eigenvalue weighted by Gasteiger charge is 2.39. The molecular weight excluding hydrogens is 312 g/mol. The molecule has 2 fully saturated rings. The number of nitrogens with one attached hydrogen (secondary N) is 1. The second-order valence-corrected chi connectivity index (χ2v) is 7.89. The quantitative estimate of drug-likeness (QED) is 0.915. The molecule has 1 saturated heterocycles. The number of hydrogen-bond acceptors (Lipinski definition) is 3. The third kappa shape index (κ3) is 3.47. The number of carbonyl (C=O) groups is 1. The van der Waals surface area contributed by atoms with Crippen LogP contribution in [-0.4, -0.2) is 49.2 Å². The van der Waals surface area contributed by atoms with Gasteiger partial charge in [-0.3, -0.25) is 9.69 Å². The number of rotatable bonds is 4. The topological polar surface area (TPSA) is 41.6 Å². The first-order valence-electron chi connectivity index (χ1n) is 9.97. The van der Waals surface area contributed by atoms with Gasteiger partial charge in [-0.05, 0) is 36.8 Å². The van der Waals surface area contributed by atoms with Crippen LogP contribution in [0.1, 0.15) is 55.6 Å². The lowest BCUT2D eigenvalue weighted by Gasteiger charge is -2.48. The van der Waals surface area contributed by atoms with Crippen molar-refractivity contribution in [1.82, 2.24) is 10.2 Å². The Morgan fingerprint density at radius 3 is 2.72 bits per heavy atom. The number of carbonyl (C=O) groups excluding carboxylic acids is 1. The molecule has 136 valence electrons. The molecule has 4 rings (SSSR count). The van der Waals surface area contributed by atoms with Crippen LogP contribution < -0.4 is 5.32 Å².